The Morgan fingerprint density at radius 1 is 0.912 bits per heavy atom. The van der Waals surface area contributed by atoms with Gasteiger partial charge in [0.1, 0.15) is 17.3 Å². The highest BCUT2D eigenvalue weighted by Gasteiger charge is 2.33. The van der Waals surface area contributed by atoms with Crippen LogP contribution in [-0.4, -0.2) is 22.5 Å². The van der Waals surface area contributed by atoms with Gasteiger partial charge in [-0.1, -0.05) is 60.7 Å². The molecule has 1 fully saturated rings. The largest absolute Gasteiger partial charge is 0.457 e. The third-order valence-electron chi connectivity index (χ3n) is 5.35. The van der Waals surface area contributed by atoms with E-state index in [1.165, 1.54) is 23.9 Å². The molecule has 1 aromatic heterocycles. The predicted octanol–water partition coefficient (Wildman–Crippen LogP) is 6.93. The van der Waals surface area contributed by atoms with Crippen LogP contribution in [0.5, 0.6) is 0 Å². The minimum Gasteiger partial charge on any atom is -0.457 e. The molecule has 0 saturated carbocycles. The van der Waals surface area contributed by atoms with E-state index in [1.54, 1.807) is 35.2 Å². The van der Waals surface area contributed by atoms with E-state index in [0.29, 0.717) is 33.7 Å². The summed E-state index contributed by atoms with van der Waals surface area (Å²) < 4.78 is 19.5. The third-order valence-corrected chi connectivity index (χ3v) is 6.35. The van der Waals surface area contributed by atoms with Gasteiger partial charge in [0.05, 0.1) is 10.6 Å². The minimum atomic E-state index is -0.328. The molecule has 3 aromatic carbocycles. The van der Waals surface area contributed by atoms with Gasteiger partial charge in [-0.2, -0.15) is 0 Å². The molecule has 5 rings (SSSR count). The second-order valence-electron chi connectivity index (χ2n) is 7.75. The van der Waals surface area contributed by atoms with Crippen molar-refractivity contribution in [3.8, 4) is 11.3 Å². The number of para-hydroxylation sites is 1. The summed E-state index contributed by atoms with van der Waals surface area (Å²) in [5.41, 5.74) is 2.59. The summed E-state index contributed by atoms with van der Waals surface area (Å²) >= 11 is 1.33. The maximum Gasteiger partial charge on any atom is 0.266 e. The van der Waals surface area contributed by atoms with Gasteiger partial charge in [0.25, 0.3) is 5.91 Å². The summed E-state index contributed by atoms with van der Waals surface area (Å²) in [5, 5.41) is 0.635. The zero-order chi connectivity index (χ0) is 23.3. The number of aliphatic imine (C=N–C) groups is 1. The average Bonchev–Trinajstić information content (AvgIpc) is 3.44. The van der Waals surface area contributed by atoms with Crippen LogP contribution in [0.3, 0.4) is 0 Å². The predicted molar refractivity (Wildman–Crippen MR) is 135 cm³/mol. The van der Waals surface area contributed by atoms with Crippen molar-refractivity contribution >= 4 is 34.6 Å². The van der Waals surface area contributed by atoms with Gasteiger partial charge in [0.2, 0.25) is 0 Å². The number of benzene rings is 3. The lowest BCUT2D eigenvalue weighted by Crippen LogP contribution is -2.31. The van der Waals surface area contributed by atoms with Crippen molar-refractivity contribution in [2.75, 3.05) is 6.54 Å². The number of carbonyl (C=O) groups excluding carboxylic acids is 1. The van der Waals surface area contributed by atoms with Crippen molar-refractivity contribution < 1.29 is 13.6 Å². The first kappa shape index (κ1) is 21.9. The Hall–Kier alpha value is -3.90. The number of hydrogen-bond acceptors (Lipinski definition) is 4. The number of nitrogens with zero attached hydrogens (tertiary/aromatic N) is 2. The van der Waals surface area contributed by atoms with Crippen LogP contribution in [0.2, 0.25) is 0 Å². The fraction of sp³-hybridized carbons (Fsp3) is 0.0714. The quantitative estimate of drug-likeness (QED) is 0.288. The summed E-state index contributed by atoms with van der Waals surface area (Å²) in [6, 6.07) is 29.4. The lowest BCUT2D eigenvalue weighted by Gasteiger charge is -2.15. The highest BCUT2D eigenvalue weighted by Crippen LogP contribution is 2.35. The van der Waals surface area contributed by atoms with Crippen LogP contribution in [0.1, 0.15) is 11.3 Å². The molecule has 4 aromatic rings. The van der Waals surface area contributed by atoms with E-state index < -0.39 is 0 Å². The van der Waals surface area contributed by atoms with Crippen molar-refractivity contribution in [2.45, 2.75) is 6.42 Å². The Bertz CT molecular complexity index is 1360. The van der Waals surface area contributed by atoms with Crippen molar-refractivity contribution in [3.05, 3.63) is 119 Å². The summed E-state index contributed by atoms with van der Waals surface area (Å²) in [6.07, 6.45) is 2.44. The van der Waals surface area contributed by atoms with Crippen LogP contribution in [0.25, 0.3) is 17.4 Å². The monoisotopic (exact) mass is 468 g/mol. The van der Waals surface area contributed by atoms with E-state index >= 15 is 0 Å². The number of carbonyl (C=O) groups is 1. The van der Waals surface area contributed by atoms with E-state index in [4.69, 9.17) is 9.41 Å². The molecule has 0 spiro atoms. The number of furan rings is 1. The molecule has 0 atom stereocenters. The molecule has 34 heavy (non-hydrogen) atoms. The van der Waals surface area contributed by atoms with Crippen molar-refractivity contribution in [1.82, 2.24) is 4.90 Å². The number of hydrogen-bond donors (Lipinski definition) is 0. The summed E-state index contributed by atoms with van der Waals surface area (Å²) in [4.78, 5) is 20.3. The molecule has 2 heterocycles. The van der Waals surface area contributed by atoms with Crippen molar-refractivity contribution in [2.24, 2.45) is 4.99 Å². The molecule has 0 unspecified atom stereocenters. The molecule has 0 N–H and O–H groups in total. The Kier molecular flexibility index (Phi) is 6.40. The standard InChI is InChI=1S/C28H21FN2O2S/c29-22-11-7-10-21(18-22)25-15-14-24(33-25)19-26-27(32)31(17-16-20-8-3-1-4-9-20)28(34-26)30-23-12-5-2-6-13-23/h1-15,18-19H,16-17H2/b26-19-,30-28?. The maximum absolute atomic E-state index is 13.6. The van der Waals surface area contributed by atoms with Gasteiger partial charge in [0.15, 0.2) is 5.17 Å². The number of amides is 1. The van der Waals surface area contributed by atoms with Crippen LogP contribution in [-0.2, 0) is 11.2 Å². The van der Waals surface area contributed by atoms with Crippen LogP contribution in [0, 0.1) is 5.82 Å². The smallest absolute Gasteiger partial charge is 0.266 e. The molecule has 168 valence electrons. The molecule has 1 aliphatic heterocycles. The summed E-state index contributed by atoms with van der Waals surface area (Å²) in [6.45, 7) is 0.519. The minimum absolute atomic E-state index is 0.112. The average molecular weight is 469 g/mol. The highest BCUT2D eigenvalue weighted by atomic mass is 32.2. The second kappa shape index (κ2) is 9.93. The number of rotatable bonds is 6. The van der Waals surface area contributed by atoms with Crippen LogP contribution in [0.4, 0.5) is 10.1 Å². The first-order valence-corrected chi connectivity index (χ1v) is 11.7. The molecule has 0 radical (unpaired) electrons. The summed E-state index contributed by atoms with van der Waals surface area (Å²) in [5.74, 6) is 0.630. The molecule has 1 amide bonds. The van der Waals surface area contributed by atoms with Gasteiger partial charge in [-0.05, 0) is 60.1 Å². The molecule has 1 aliphatic rings. The Balaban J connectivity index is 1.42. The zero-order valence-corrected chi connectivity index (χ0v) is 19.0. The Morgan fingerprint density at radius 3 is 2.44 bits per heavy atom. The van der Waals surface area contributed by atoms with Crippen LogP contribution in [0.15, 0.2) is 111 Å². The maximum atomic E-state index is 13.6. The molecule has 0 aliphatic carbocycles. The van der Waals surface area contributed by atoms with E-state index in [0.717, 1.165) is 17.7 Å². The van der Waals surface area contributed by atoms with E-state index in [9.17, 15) is 9.18 Å². The van der Waals surface area contributed by atoms with Gasteiger partial charge in [-0.3, -0.25) is 9.69 Å². The molecular weight excluding hydrogens is 447 g/mol. The molecule has 0 bridgehead atoms. The molecule has 6 heteroatoms. The van der Waals surface area contributed by atoms with E-state index in [1.807, 2.05) is 48.5 Å². The summed E-state index contributed by atoms with van der Waals surface area (Å²) in [7, 11) is 0. The lowest BCUT2D eigenvalue weighted by molar-refractivity contribution is -0.122. The van der Waals surface area contributed by atoms with Crippen LogP contribution >= 0.6 is 11.8 Å². The first-order chi connectivity index (χ1) is 16.7. The van der Waals surface area contributed by atoms with E-state index in [-0.39, 0.29) is 11.7 Å². The first-order valence-electron chi connectivity index (χ1n) is 10.9. The zero-order valence-electron chi connectivity index (χ0n) is 18.2. The molecule has 1 saturated heterocycles. The van der Waals surface area contributed by atoms with Gasteiger partial charge < -0.3 is 4.42 Å². The van der Waals surface area contributed by atoms with Gasteiger partial charge in [0, 0.05) is 18.2 Å². The SMILES string of the molecule is O=C1/C(=C/c2ccc(-c3cccc(F)c3)o2)SC(=Nc2ccccc2)N1CCc1ccccc1. The van der Waals surface area contributed by atoms with Crippen molar-refractivity contribution in [3.63, 3.8) is 0 Å². The van der Waals surface area contributed by atoms with Gasteiger partial charge in [-0.25, -0.2) is 9.38 Å². The van der Waals surface area contributed by atoms with Gasteiger partial charge in [-0.15, -0.1) is 0 Å². The number of halogens is 1. The van der Waals surface area contributed by atoms with Gasteiger partial charge >= 0.3 is 0 Å². The topological polar surface area (TPSA) is 45.8 Å². The molecule has 4 nitrogen and oxygen atoms in total. The Morgan fingerprint density at radius 2 is 1.68 bits per heavy atom. The van der Waals surface area contributed by atoms with Crippen molar-refractivity contribution in [1.29, 1.82) is 0 Å². The van der Waals surface area contributed by atoms with Crippen LogP contribution < -0.4 is 0 Å². The number of thioether (sulfide) groups is 1. The third kappa shape index (κ3) is 5.02. The normalized spacial score (nSPS) is 16.0. The van der Waals surface area contributed by atoms with E-state index in [2.05, 4.69) is 12.1 Å². The number of amidine groups is 1. The lowest BCUT2D eigenvalue weighted by atomic mass is 10.1. The molecular formula is C28H21FN2O2S. The fourth-order valence-corrected chi connectivity index (χ4v) is 4.65. The Labute approximate surface area is 201 Å². The highest BCUT2D eigenvalue weighted by molar-refractivity contribution is 8.18. The fourth-order valence-electron chi connectivity index (χ4n) is 3.64. The second-order valence-corrected chi connectivity index (χ2v) is 8.75.